The van der Waals surface area contributed by atoms with E-state index in [9.17, 15) is 19.8 Å². The largest absolute Gasteiger partial charge is 0.482 e. The first kappa shape index (κ1) is 36.5. The molecule has 1 aromatic rings. The van der Waals surface area contributed by atoms with Crippen molar-refractivity contribution in [3.63, 3.8) is 0 Å². The lowest BCUT2D eigenvalue weighted by Gasteiger charge is -2.40. The van der Waals surface area contributed by atoms with Gasteiger partial charge >= 0.3 is 0 Å². The van der Waals surface area contributed by atoms with Gasteiger partial charge in [-0.05, 0) is 67.5 Å². The van der Waals surface area contributed by atoms with Crippen molar-refractivity contribution in [1.29, 1.82) is 0 Å². The number of nitrogens with one attached hydrogen (secondary N) is 1. The molecule has 0 saturated heterocycles. The Labute approximate surface area is 266 Å². The van der Waals surface area contributed by atoms with Gasteiger partial charge in [-0.15, -0.1) is 0 Å². The molecule has 0 fully saturated rings. The van der Waals surface area contributed by atoms with Gasteiger partial charge in [-0.3, -0.25) is 9.59 Å². The van der Waals surface area contributed by atoms with Crippen LogP contribution in [0.3, 0.4) is 0 Å². The molecule has 3 atom stereocenters. The molecular formula is C33H53IN2O6. The molecule has 1 aromatic carbocycles. The highest BCUT2D eigenvalue weighted by Gasteiger charge is 2.40. The van der Waals surface area contributed by atoms with Gasteiger partial charge < -0.3 is 29.9 Å². The minimum Gasteiger partial charge on any atom is -0.482 e. The topological polar surface area (TPSA) is 108 Å². The molecule has 0 radical (unpaired) electrons. The highest BCUT2D eigenvalue weighted by atomic mass is 127. The van der Waals surface area contributed by atoms with E-state index in [1.165, 1.54) is 38.5 Å². The van der Waals surface area contributed by atoms with E-state index >= 15 is 0 Å². The number of aliphatic hydroxyl groups excluding tert-OH is 2. The first-order chi connectivity index (χ1) is 20.3. The average molecular weight is 701 g/mol. The van der Waals surface area contributed by atoms with Gasteiger partial charge in [0.15, 0.2) is 0 Å². The fourth-order valence-electron chi connectivity index (χ4n) is 5.23. The lowest BCUT2D eigenvalue weighted by atomic mass is 9.87. The summed E-state index contributed by atoms with van der Waals surface area (Å²) in [5.41, 5.74) is 0.439. The Morgan fingerprint density at radius 1 is 1.05 bits per heavy atom. The van der Waals surface area contributed by atoms with E-state index in [1.807, 2.05) is 38.1 Å². The SMILES string of the molecule is CCCCCCCCCCCC(=O)N(CCCOC(C)C)[C@@H]1CC(C(=O)NCCO)=C[C@H](Oc2ccccc2I)[C@H]1O. The molecule has 2 amide bonds. The van der Waals surface area contributed by atoms with Crippen LogP contribution in [0.5, 0.6) is 5.75 Å². The molecule has 1 aliphatic rings. The number of carbonyl (C=O) groups excluding carboxylic acids is 2. The Hall–Kier alpha value is -1.69. The second-order valence-electron chi connectivity index (χ2n) is 11.4. The van der Waals surface area contributed by atoms with E-state index in [0.29, 0.717) is 37.3 Å². The number of benzene rings is 1. The molecule has 3 N–H and O–H groups in total. The molecule has 9 heteroatoms. The van der Waals surface area contributed by atoms with E-state index in [1.54, 1.807) is 11.0 Å². The molecule has 0 saturated carbocycles. The molecule has 0 heterocycles. The van der Waals surface area contributed by atoms with Crippen LogP contribution in [0.1, 0.15) is 97.8 Å². The molecule has 0 unspecified atom stereocenters. The Morgan fingerprint density at radius 2 is 1.71 bits per heavy atom. The van der Waals surface area contributed by atoms with Crippen LogP contribution in [0.15, 0.2) is 35.9 Å². The van der Waals surface area contributed by atoms with Gasteiger partial charge in [0.05, 0.1) is 22.3 Å². The van der Waals surface area contributed by atoms with Crippen molar-refractivity contribution in [2.45, 2.75) is 122 Å². The summed E-state index contributed by atoms with van der Waals surface area (Å²) in [7, 11) is 0. The third kappa shape index (κ3) is 13.3. The number of nitrogens with zero attached hydrogens (tertiary/aromatic N) is 1. The molecule has 238 valence electrons. The van der Waals surface area contributed by atoms with Gasteiger partial charge in [-0.1, -0.05) is 70.4 Å². The Morgan fingerprint density at radius 3 is 2.36 bits per heavy atom. The summed E-state index contributed by atoms with van der Waals surface area (Å²) in [6, 6.07) is 6.88. The van der Waals surface area contributed by atoms with Crippen molar-refractivity contribution in [2.75, 3.05) is 26.3 Å². The third-order valence-electron chi connectivity index (χ3n) is 7.52. The first-order valence-corrected chi connectivity index (χ1v) is 17.0. The Kier molecular flexibility index (Phi) is 18.3. The van der Waals surface area contributed by atoms with E-state index in [0.717, 1.165) is 22.8 Å². The van der Waals surface area contributed by atoms with Gasteiger partial charge in [-0.25, -0.2) is 0 Å². The summed E-state index contributed by atoms with van der Waals surface area (Å²) in [6.45, 7) is 7.06. The number of amides is 2. The van der Waals surface area contributed by atoms with Crippen molar-refractivity contribution in [1.82, 2.24) is 10.2 Å². The fraction of sp³-hybridized carbons (Fsp3) is 0.697. The van der Waals surface area contributed by atoms with Crippen molar-refractivity contribution < 1.29 is 29.3 Å². The minimum atomic E-state index is -1.02. The number of aliphatic hydroxyl groups is 2. The number of rotatable bonds is 21. The molecule has 8 nitrogen and oxygen atoms in total. The number of para-hydroxylation sites is 1. The maximum atomic E-state index is 13.7. The summed E-state index contributed by atoms with van der Waals surface area (Å²) < 4.78 is 12.9. The van der Waals surface area contributed by atoms with Crippen LogP contribution < -0.4 is 10.1 Å². The summed E-state index contributed by atoms with van der Waals surface area (Å²) in [4.78, 5) is 28.4. The zero-order valence-electron chi connectivity index (χ0n) is 25.9. The number of carbonyl (C=O) groups is 2. The smallest absolute Gasteiger partial charge is 0.247 e. The highest BCUT2D eigenvalue weighted by molar-refractivity contribution is 14.1. The molecule has 0 aliphatic heterocycles. The standard InChI is InChI=1S/C33H53IN2O6/c1-4-5-6-7-8-9-10-11-12-18-31(38)36(20-15-22-41-25(2)3)28-23-26(33(40)35-19-21-37)24-30(32(28)39)42-29-17-14-13-16-27(29)34/h13-14,16-17,24-25,28,30,32,37,39H,4-12,15,18-23H2,1-3H3,(H,35,40)/t28-,30+,32+/m1/s1. The van der Waals surface area contributed by atoms with Crippen LogP contribution in [0, 0.1) is 3.57 Å². The quantitative estimate of drug-likeness (QED) is 0.111. The predicted octanol–water partition coefficient (Wildman–Crippen LogP) is 5.77. The Bertz CT molecular complexity index is 956. The number of ether oxygens (including phenoxy) is 2. The number of hydrogen-bond donors (Lipinski definition) is 3. The maximum absolute atomic E-state index is 13.7. The lowest BCUT2D eigenvalue weighted by molar-refractivity contribution is -0.139. The molecular weight excluding hydrogens is 647 g/mol. The summed E-state index contributed by atoms with van der Waals surface area (Å²) in [5.74, 6) is 0.260. The van der Waals surface area contributed by atoms with Gasteiger partial charge in [0.25, 0.3) is 0 Å². The van der Waals surface area contributed by atoms with Crippen LogP contribution in [0.25, 0.3) is 0 Å². The molecule has 42 heavy (non-hydrogen) atoms. The number of halogens is 1. The van der Waals surface area contributed by atoms with E-state index in [2.05, 4.69) is 34.8 Å². The van der Waals surface area contributed by atoms with Crippen LogP contribution in [0.4, 0.5) is 0 Å². The van der Waals surface area contributed by atoms with Crippen molar-refractivity contribution in [3.05, 3.63) is 39.5 Å². The minimum absolute atomic E-state index is 0.0170. The number of unbranched alkanes of at least 4 members (excludes halogenated alkanes) is 8. The normalized spacial score (nSPS) is 18.5. The van der Waals surface area contributed by atoms with Crippen molar-refractivity contribution >= 4 is 34.4 Å². The highest BCUT2D eigenvalue weighted by Crippen LogP contribution is 2.30. The van der Waals surface area contributed by atoms with Crippen LogP contribution in [-0.2, 0) is 14.3 Å². The second-order valence-corrected chi connectivity index (χ2v) is 12.5. The van der Waals surface area contributed by atoms with Crippen LogP contribution in [-0.4, -0.2) is 77.6 Å². The van der Waals surface area contributed by atoms with Gasteiger partial charge in [-0.2, -0.15) is 0 Å². The molecule has 1 aliphatic carbocycles. The maximum Gasteiger partial charge on any atom is 0.247 e. The summed E-state index contributed by atoms with van der Waals surface area (Å²) in [5, 5.41) is 23.5. The third-order valence-corrected chi connectivity index (χ3v) is 8.41. The summed E-state index contributed by atoms with van der Waals surface area (Å²) in [6.07, 6.45) is 11.7. The lowest BCUT2D eigenvalue weighted by Crippen LogP contribution is -2.55. The fourth-order valence-corrected chi connectivity index (χ4v) is 5.74. The number of hydrogen-bond acceptors (Lipinski definition) is 6. The van der Waals surface area contributed by atoms with Crippen molar-refractivity contribution in [2.24, 2.45) is 0 Å². The van der Waals surface area contributed by atoms with Crippen LogP contribution in [0.2, 0.25) is 0 Å². The average Bonchev–Trinajstić information content (AvgIpc) is 2.97. The second kappa shape index (κ2) is 21.1. The van der Waals surface area contributed by atoms with Crippen LogP contribution >= 0.6 is 22.6 Å². The summed E-state index contributed by atoms with van der Waals surface area (Å²) >= 11 is 2.18. The van der Waals surface area contributed by atoms with E-state index < -0.39 is 18.2 Å². The van der Waals surface area contributed by atoms with Gasteiger partial charge in [0, 0.05) is 38.1 Å². The van der Waals surface area contributed by atoms with E-state index in [-0.39, 0.29) is 37.5 Å². The monoisotopic (exact) mass is 700 g/mol. The Balaban J connectivity index is 2.16. The zero-order chi connectivity index (χ0) is 30.7. The molecule has 0 bridgehead atoms. The predicted molar refractivity (Wildman–Crippen MR) is 175 cm³/mol. The molecule has 2 rings (SSSR count). The van der Waals surface area contributed by atoms with Crippen molar-refractivity contribution in [3.8, 4) is 5.75 Å². The van der Waals surface area contributed by atoms with Gasteiger partial charge in [0.1, 0.15) is 18.0 Å². The zero-order valence-corrected chi connectivity index (χ0v) is 28.0. The van der Waals surface area contributed by atoms with Gasteiger partial charge in [0.2, 0.25) is 11.8 Å². The van der Waals surface area contributed by atoms with E-state index in [4.69, 9.17) is 9.47 Å². The first-order valence-electron chi connectivity index (χ1n) is 15.9. The molecule has 0 aromatic heterocycles. The molecule has 0 spiro atoms.